The number of nitrogens with zero attached hydrogens (tertiary/aromatic N) is 2. The number of hydrogen-bond acceptors (Lipinski definition) is 6. The van der Waals surface area contributed by atoms with Gasteiger partial charge in [0.1, 0.15) is 10.6 Å². The minimum Gasteiger partial charge on any atom is -0.465 e. The molecule has 0 saturated carbocycles. The molecule has 3 aromatic rings. The monoisotopic (exact) mass is 503 g/mol. The quantitative estimate of drug-likeness (QED) is 0.464. The van der Waals surface area contributed by atoms with E-state index < -0.39 is 5.97 Å². The number of piperazine rings is 1. The molecule has 0 spiro atoms. The number of carbonyl (C=O) groups excluding carboxylic acids is 2. The van der Waals surface area contributed by atoms with E-state index in [1.54, 1.807) is 12.1 Å². The lowest BCUT2D eigenvalue weighted by Crippen LogP contribution is -2.48. The Bertz CT molecular complexity index is 1120. The summed E-state index contributed by atoms with van der Waals surface area (Å²) in [6, 6.07) is 15.0. The van der Waals surface area contributed by atoms with Crippen LogP contribution in [0.25, 0.3) is 11.1 Å². The summed E-state index contributed by atoms with van der Waals surface area (Å²) >= 11 is 13.3. The summed E-state index contributed by atoms with van der Waals surface area (Å²) in [5.41, 5.74) is 3.01. The van der Waals surface area contributed by atoms with Crippen molar-refractivity contribution in [3.63, 3.8) is 0 Å². The number of benzene rings is 2. The van der Waals surface area contributed by atoms with Crippen LogP contribution in [0.3, 0.4) is 0 Å². The SMILES string of the molecule is COC(=O)c1c(-c2ccc(Cl)cc2)csc1NC(=O)CN1CCN(c2ccc(Cl)cc2)CC1. The number of methoxy groups -OCH3 is 1. The van der Waals surface area contributed by atoms with Gasteiger partial charge < -0.3 is 15.0 Å². The highest BCUT2D eigenvalue weighted by molar-refractivity contribution is 7.15. The fraction of sp³-hybridized carbons (Fsp3) is 0.250. The van der Waals surface area contributed by atoms with E-state index in [1.165, 1.54) is 18.4 Å². The minimum atomic E-state index is -0.493. The van der Waals surface area contributed by atoms with E-state index in [-0.39, 0.29) is 12.5 Å². The molecule has 172 valence electrons. The van der Waals surface area contributed by atoms with Crippen molar-refractivity contribution in [3.05, 3.63) is 69.5 Å². The van der Waals surface area contributed by atoms with Gasteiger partial charge in [0.2, 0.25) is 5.91 Å². The predicted molar refractivity (Wildman–Crippen MR) is 135 cm³/mol. The molecule has 1 aromatic heterocycles. The number of amides is 1. The van der Waals surface area contributed by atoms with Crippen LogP contribution in [-0.4, -0.2) is 56.6 Å². The molecule has 33 heavy (non-hydrogen) atoms. The van der Waals surface area contributed by atoms with Crippen molar-refractivity contribution in [2.24, 2.45) is 0 Å². The highest BCUT2D eigenvalue weighted by Crippen LogP contribution is 2.36. The van der Waals surface area contributed by atoms with Crippen LogP contribution in [0, 0.1) is 0 Å². The first-order valence-corrected chi connectivity index (χ1v) is 12.1. The Morgan fingerprint density at radius 2 is 1.58 bits per heavy atom. The second kappa shape index (κ2) is 10.6. The van der Waals surface area contributed by atoms with Crippen LogP contribution in [0.4, 0.5) is 10.7 Å². The lowest BCUT2D eigenvalue weighted by Gasteiger charge is -2.35. The van der Waals surface area contributed by atoms with Gasteiger partial charge in [-0.2, -0.15) is 0 Å². The Balaban J connectivity index is 1.40. The van der Waals surface area contributed by atoms with Gasteiger partial charge in [-0.3, -0.25) is 9.69 Å². The zero-order valence-corrected chi connectivity index (χ0v) is 20.3. The molecular formula is C24H23Cl2N3O3S. The number of thiophene rings is 1. The topological polar surface area (TPSA) is 61.9 Å². The van der Waals surface area contributed by atoms with Gasteiger partial charge in [0, 0.05) is 52.9 Å². The second-order valence-corrected chi connectivity index (χ2v) is 9.39. The molecule has 0 aliphatic carbocycles. The third-order valence-corrected chi connectivity index (χ3v) is 6.92. The standard InChI is InChI=1S/C24H23Cl2N3O3S/c1-32-24(31)22-20(16-2-4-17(25)5-3-16)15-33-23(22)27-21(30)14-28-10-12-29(13-11-28)19-8-6-18(26)7-9-19/h2-9,15H,10-14H2,1H3,(H,27,30). The largest absolute Gasteiger partial charge is 0.465 e. The minimum absolute atomic E-state index is 0.162. The van der Waals surface area contributed by atoms with Crippen molar-refractivity contribution in [2.45, 2.75) is 0 Å². The molecule has 1 aliphatic heterocycles. The first-order chi connectivity index (χ1) is 15.9. The highest BCUT2D eigenvalue weighted by atomic mass is 35.5. The summed E-state index contributed by atoms with van der Waals surface area (Å²) in [6.07, 6.45) is 0. The van der Waals surface area contributed by atoms with Crippen molar-refractivity contribution in [1.29, 1.82) is 0 Å². The van der Waals surface area contributed by atoms with E-state index in [2.05, 4.69) is 15.1 Å². The van der Waals surface area contributed by atoms with E-state index in [0.29, 0.717) is 26.2 Å². The number of rotatable bonds is 6. The van der Waals surface area contributed by atoms with Crippen LogP contribution in [0.15, 0.2) is 53.9 Å². The van der Waals surface area contributed by atoms with Crippen LogP contribution in [0.1, 0.15) is 10.4 Å². The first-order valence-electron chi connectivity index (χ1n) is 10.4. The molecule has 1 aliphatic rings. The van der Waals surface area contributed by atoms with Crippen LogP contribution >= 0.6 is 34.5 Å². The van der Waals surface area contributed by atoms with Crippen molar-refractivity contribution >= 4 is 57.1 Å². The summed E-state index contributed by atoms with van der Waals surface area (Å²) < 4.78 is 4.98. The zero-order chi connectivity index (χ0) is 23.4. The summed E-state index contributed by atoms with van der Waals surface area (Å²) in [5, 5.41) is 6.56. The molecule has 1 amide bonds. The number of carbonyl (C=O) groups is 2. The maximum absolute atomic E-state index is 12.8. The fourth-order valence-electron chi connectivity index (χ4n) is 3.78. The molecule has 2 heterocycles. The van der Waals surface area contributed by atoms with Crippen LogP contribution in [-0.2, 0) is 9.53 Å². The Morgan fingerprint density at radius 3 is 2.18 bits per heavy atom. The van der Waals surface area contributed by atoms with Crippen LogP contribution in [0.5, 0.6) is 0 Å². The summed E-state index contributed by atoms with van der Waals surface area (Å²) in [6.45, 7) is 3.42. The van der Waals surface area contributed by atoms with E-state index in [9.17, 15) is 9.59 Å². The number of ether oxygens (including phenoxy) is 1. The van der Waals surface area contributed by atoms with Crippen molar-refractivity contribution < 1.29 is 14.3 Å². The lowest BCUT2D eigenvalue weighted by molar-refractivity contribution is -0.117. The number of halogens is 2. The van der Waals surface area contributed by atoms with Gasteiger partial charge >= 0.3 is 5.97 Å². The summed E-state index contributed by atoms with van der Waals surface area (Å²) in [4.78, 5) is 29.7. The molecule has 6 nitrogen and oxygen atoms in total. The second-order valence-electron chi connectivity index (χ2n) is 7.64. The molecule has 1 fully saturated rings. The summed E-state index contributed by atoms with van der Waals surface area (Å²) in [7, 11) is 1.33. The third-order valence-electron chi connectivity index (χ3n) is 5.52. The van der Waals surface area contributed by atoms with Gasteiger partial charge in [0.15, 0.2) is 0 Å². The number of esters is 1. The molecule has 0 atom stereocenters. The molecule has 4 rings (SSSR count). The molecule has 0 unspecified atom stereocenters. The third kappa shape index (κ3) is 5.68. The number of anilines is 2. The Hall–Kier alpha value is -2.58. The lowest BCUT2D eigenvalue weighted by atomic mass is 10.0. The Labute approximate surface area is 206 Å². The average Bonchev–Trinajstić information content (AvgIpc) is 3.23. The van der Waals surface area contributed by atoms with Gasteiger partial charge in [-0.15, -0.1) is 11.3 Å². The molecule has 0 radical (unpaired) electrons. The highest BCUT2D eigenvalue weighted by Gasteiger charge is 2.24. The predicted octanol–water partition coefficient (Wildman–Crippen LogP) is 5.27. The fourth-order valence-corrected chi connectivity index (χ4v) is 5.01. The van der Waals surface area contributed by atoms with E-state index >= 15 is 0 Å². The van der Waals surface area contributed by atoms with E-state index in [0.717, 1.165) is 37.4 Å². The van der Waals surface area contributed by atoms with Gasteiger partial charge in [-0.25, -0.2) is 4.79 Å². The Kier molecular flexibility index (Phi) is 7.55. The van der Waals surface area contributed by atoms with Crippen LogP contribution in [0.2, 0.25) is 10.0 Å². The van der Waals surface area contributed by atoms with Crippen molar-refractivity contribution in [2.75, 3.05) is 50.1 Å². The zero-order valence-electron chi connectivity index (χ0n) is 18.0. The van der Waals surface area contributed by atoms with Gasteiger partial charge in [0.05, 0.1) is 13.7 Å². The van der Waals surface area contributed by atoms with Crippen molar-refractivity contribution in [1.82, 2.24) is 4.90 Å². The summed E-state index contributed by atoms with van der Waals surface area (Å²) in [5.74, 6) is -0.655. The van der Waals surface area contributed by atoms with E-state index in [1.807, 2.05) is 41.8 Å². The van der Waals surface area contributed by atoms with Gasteiger partial charge in [-0.05, 0) is 42.0 Å². The molecular weight excluding hydrogens is 481 g/mol. The van der Waals surface area contributed by atoms with E-state index in [4.69, 9.17) is 27.9 Å². The normalized spacial score (nSPS) is 14.2. The molecule has 2 aromatic carbocycles. The molecule has 1 saturated heterocycles. The van der Waals surface area contributed by atoms with Gasteiger partial charge in [-0.1, -0.05) is 35.3 Å². The maximum atomic E-state index is 12.8. The first kappa shape index (κ1) is 23.6. The smallest absolute Gasteiger partial charge is 0.341 e. The number of nitrogens with one attached hydrogen (secondary N) is 1. The Morgan fingerprint density at radius 1 is 0.970 bits per heavy atom. The molecule has 1 N–H and O–H groups in total. The number of hydrogen-bond donors (Lipinski definition) is 1. The molecule has 9 heteroatoms. The van der Waals surface area contributed by atoms with Gasteiger partial charge in [0.25, 0.3) is 0 Å². The maximum Gasteiger partial charge on any atom is 0.341 e. The molecule has 0 bridgehead atoms. The van der Waals surface area contributed by atoms with Crippen molar-refractivity contribution in [3.8, 4) is 11.1 Å². The van der Waals surface area contributed by atoms with Crippen LogP contribution < -0.4 is 10.2 Å². The average molecular weight is 504 g/mol.